The van der Waals surface area contributed by atoms with Gasteiger partial charge in [0.15, 0.2) is 6.10 Å². The Balaban J connectivity index is 4.13. The number of ether oxygens (including phenoxy) is 2. The zero-order valence-corrected chi connectivity index (χ0v) is 49.9. The summed E-state index contributed by atoms with van der Waals surface area (Å²) in [5.41, 5.74) is 5.38. The molecule has 10 heteroatoms. The van der Waals surface area contributed by atoms with Crippen molar-refractivity contribution in [3.63, 3.8) is 0 Å². The first kappa shape index (κ1) is 73.8. The van der Waals surface area contributed by atoms with Crippen molar-refractivity contribution in [2.24, 2.45) is 5.73 Å². The van der Waals surface area contributed by atoms with E-state index < -0.39 is 32.5 Å². The number of phosphoric ester groups is 1. The van der Waals surface area contributed by atoms with Crippen LogP contribution in [0.1, 0.15) is 194 Å². The molecule has 0 rings (SSSR count). The number of unbranched alkanes of at least 4 members (excludes halogenated alkanes) is 8. The summed E-state index contributed by atoms with van der Waals surface area (Å²) in [5.74, 6) is -0.915. The topological polar surface area (TPSA) is 134 Å². The van der Waals surface area contributed by atoms with Gasteiger partial charge in [-0.3, -0.25) is 18.6 Å². The Morgan fingerprint density at radius 3 is 1.00 bits per heavy atom. The van der Waals surface area contributed by atoms with Crippen molar-refractivity contribution in [3.8, 4) is 0 Å². The van der Waals surface area contributed by atoms with Gasteiger partial charge in [0.2, 0.25) is 0 Å². The highest BCUT2D eigenvalue weighted by molar-refractivity contribution is 7.47. The Labute approximate surface area is 481 Å². The standard InChI is InChI=1S/C69H106NO8P/c1-3-5-7-9-11-13-15-17-19-21-23-25-26-27-28-29-30-31-32-33-34-35-36-37-38-39-40-42-44-46-48-50-52-54-56-58-60-62-69(72)78-67(66-77-79(73,74)76-64-63-70)65-75-68(71)61-59-57-55-53-51-49-47-45-43-41-24-22-20-18-16-14-12-10-8-6-4-2/h5-8,11-14,17-20,23-25,27-28,30-31,33-34,36-37,39-41,44-47,51,53,67H,3-4,9-10,15-16,21-22,26,29,32,35,38,42-43,48-50,52,54-66,70H2,1-2H3,(H,73,74)/b7-5-,8-6-,13-11-,14-12-,19-17-,20-18-,25-23-,28-27-,31-30-,34-33-,37-36-,40-39-,41-24-,46-44-,47-45-,53-51-. The molecule has 0 aromatic heterocycles. The number of allylic oxidation sites excluding steroid dienone is 32. The third kappa shape index (κ3) is 61.9. The van der Waals surface area contributed by atoms with Crippen LogP contribution < -0.4 is 5.73 Å². The quantitative estimate of drug-likeness (QED) is 0.0264. The second kappa shape index (κ2) is 62.1. The summed E-state index contributed by atoms with van der Waals surface area (Å²) in [6.45, 7) is 3.41. The predicted molar refractivity (Wildman–Crippen MR) is 338 cm³/mol. The van der Waals surface area contributed by atoms with E-state index in [0.717, 1.165) is 154 Å². The van der Waals surface area contributed by atoms with Crippen LogP contribution in [0, 0.1) is 0 Å². The number of carbonyl (C=O) groups excluding carboxylic acids is 2. The van der Waals surface area contributed by atoms with Gasteiger partial charge >= 0.3 is 19.8 Å². The first-order valence-electron chi connectivity index (χ1n) is 29.9. The second-order valence-corrected chi connectivity index (χ2v) is 20.2. The lowest BCUT2D eigenvalue weighted by Gasteiger charge is -2.19. The van der Waals surface area contributed by atoms with Crippen LogP contribution in [-0.4, -0.2) is 49.3 Å². The summed E-state index contributed by atoms with van der Waals surface area (Å²) >= 11 is 0. The van der Waals surface area contributed by atoms with Crippen LogP contribution in [0.2, 0.25) is 0 Å². The second-order valence-electron chi connectivity index (χ2n) is 18.7. The van der Waals surface area contributed by atoms with Gasteiger partial charge < -0.3 is 20.1 Å². The summed E-state index contributed by atoms with van der Waals surface area (Å²) in [6, 6.07) is 0. The van der Waals surface area contributed by atoms with Crippen LogP contribution >= 0.6 is 7.82 Å². The van der Waals surface area contributed by atoms with Crippen molar-refractivity contribution in [3.05, 3.63) is 194 Å². The molecule has 0 amide bonds. The molecule has 440 valence electrons. The molecule has 0 aromatic rings. The van der Waals surface area contributed by atoms with Gasteiger partial charge in [0.05, 0.1) is 13.2 Å². The normalized spacial score (nSPS) is 14.4. The number of carbonyl (C=O) groups is 2. The molecule has 79 heavy (non-hydrogen) atoms. The Bertz CT molecular complexity index is 1990. The Hall–Kier alpha value is -5.15. The first-order valence-corrected chi connectivity index (χ1v) is 31.4. The lowest BCUT2D eigenvalue weighted by molar-refractivity contribution is -0.161. The van der Waals surface area contributed by atoms with Crippen molar-refractivity contribution in [2.75, 3.05) is 26.4 Å². The van der Waals surface area contributed by atoms with Gasteiger partial charge in [0.1, 0.15) is 6.61 Å². The fourth-order valence-corrected chi connectivity index (χ4v) is 7.90. The number of esters is 2. The maximum Gasteiger partial charge on any atom is 0.472 e. The molecule has 0 aromatic carbocycles. The minimum atomic E-state index is -4.42. The molecule has 0 saturated heterocycles. The van der Waals surface area contributed by atoms with E-state index in [2.05, 4.69) is 208 Å². The zero-order chi connectivity index (χ0) is 57.3. The summed E-state index contributed by atoms with van der Waals surface area (Å²) < 4.78 is 33.0. The van der Waals surface area contributed by atoms with Gasteiger partial charge in [-0.05, 0) is 141 Å². The maximum atomic E-state index is 12.7. The van der Waals surface area contributed by atoms with Gasteiger partial charge in [-0.2, -0.15) is 0 Å². The van der Waals surface area contributed by atoms with Crippen molar-refractivity contribution in [2.45, 2.75) is 200 Å². The van der Waals surface area contributed by atoms with Crippen molar-refractivity contribution >= 4 is 19.8 Å². The molecule has 3 N–H and O–H groups in total. The average molecular weight is 1110 g/mol. The average Bonchev–Trinajstić information content (AvgIpc) is 3.44. The third-order valence-electron chi connectivity index (χ3n) is 11.5. The molecule has 0 saturated carbocycles. The molecule has 0 radical (unpaired) electrons. The number of hydrogen-bond acceptors (Lipinski definition) is 8. The smallest absolute Gasteiger partial charge is 0.462 e. The number of phosphoric acid groups is 1. The molecule has 2 atom stereocenters. The van der Waals surface area contributed by atoms with E-state index in [1.54, 1.807) is 0 Å². The largest absolute Gasteiger partial charge is 0.472 e. The van der Waals surface area contributed by atoms with Gasteiger partial charge in [-0.1, -0.05) is 234 Å². The Morgan fingerprint density at radius 2 is 0.658 bits per heavy atom. The van der Waals surface area contributed by atoms with Crippen molar-refractivity contribution < 1.29 is 37.6 Å². The first-order chi connectivity index (χ1) is 38.8. The monoisotopic (exact) mass is 1110 g/mol. The fourth-order valence-electron chi connectivity index (χ4n) is 7.14. The molecule has 0 aliphatic carbocycles. The molecule has 0 aliphatic rings. The molecule has 0 aliphatic heterocycles. The molecule has 0 bridgehead atoms. The van der Waals surface area contributed by atoms with E-state index in [-0.39, 0.29) is 32.6 Å². The predicted octanol–water partition coefficient (Wildman–Crippen LogP) is 19.4. The van der Waals surface area contributed by atoms with E-state index in [4.69, 9.17) is 24.3 Å². The molecule has 2 unspecified atom stereocenters. The van der Waals surface area contributed by atoms with E-state index in [1.165, 1.54) is 0 Å². The van der Waals surface area contributed by atoms with E-state index >= 15 is 0 Å². The molecular weight excluding hydrogens is 1000 g/mol. The SMILES string of the molecule is CC/C=C\C/C=C\C/C=C\C/C=C\C/C=C\C/C=C\C/C=C\C/C=C\C/C=C\C/C=C\CCCCCCCCC(=O)OC(COC(=O)CCCC/C=C\C/C=C\C/C=C\C/C=C\C/C=C\C/C=C\CC)COP(=O)(O)OCCN. The lowest BCUT2D eigenvalue weighted by Crippen LogP contribution is -2.29. The summed E-state index contributed by atoms with van der Waals surface area (Å²) in [6.07, 6.45) is 94.9. The van der Waals surface area contributed by atoms with Gasteiger partial charge in [0.25, 0.3) is 0 Å². The van der Waals surface area contributed by atoms with Crippen LogP contribution in [0.3, 0.4) is 0 Å². The van der Waals surface area contributed by atoms with E-state index in [9.17, 15) is 19.0 Å². The molecule has 0 spiro atoms. The summed E-state index contributed by atoms with van der Waals surface area (Å²) in [7, 11) is -4.42. The van der Waals surface area contributed by atoms with Gasteiger partial charge in [-0.25, -0.2) is 4.57 Å². The maximum absolute atomic E-state index is 12.7. The van der Waals surface area contributed by atoms with E-state index in [1.807, 2.05) is 0 Å². The third-order valence-corrected chi connectivity index (χ3v) is 12.5. The zero-order valence-electron chi connectivity index (χ0n) is 49.0. The lowest BCUT2D eigenvalue weighted by atomic mass is 10.1. The number of hydrogen-bond donors (Lipinski definition) is 2. The van der Waals surface area contributed by atoms with Crippen LogP contribution in [0.25, 0.3) is 0 Å². The highest BCUT2D eigenvalue weighted by atomic mass is 31.2. The van der Waals surface area contributed by atoms with Crippen LogP contribution in [0.15, 0.2) is 194 Å². The van der Waals surface area contributed by atoms with Crippen LogP contribution in [0.4, 0.5) is 0 Å². The minimum absolute atomic E-state index is 0.0330. The molecular formula is C69H106NO8P. The fraction of sp³-hybridized carbons (Fsp3) is 0.507. The van der Waals surface area contributed by atoms with Crippen molar-refractivity contribution in [1.82, 2.24) is 0 Å². The van der Waals surface area contributed by atoms with Crippen LogP contribution in [0.5, 0.6) is 0 Å². The molecule has 0 fully saturated rings. The van der Waals surface area contributed by atoms with Crippen LogP contribution in [-0.2, 0) is 32.7 Å². The van der Waals surface area contributed by atoms with E-state index in [0.29, 0.717) is 12.8 Å². The van der Waals surface area contributed by atoms with Gasteiger partial charge in [0, 0.05) is 19.4 Å². The highest BCUT2D eigenvalue weighted by Crippen LogP contribution is 2.43. The minimum Gasteiger partial charge on any atom is -0.462 e. The van der Waals surface area contributed by atoms with Gasteiger partial charge in [-0.15, -0.1) is 0 Å². The Kier molecular flexibility index (Phi) is 58.0. The Morgan fingerprint density at radius 1 is 0.380 bits per heavy atom. The number of nitrogens with two attached hydrogens (primary N) is 1. The number of rotatable bonds is 53. The van der Waals surface area contributed by atoms with Crippen molar-refractivity contribution in [1.29, 1.82) is 0 Å². The molecule has 9 nitrogen and oxygen atoms in total. The highest BCUT2D eigenvalue weighted by Gasteiger charge is 2.26. The molecule has 0 heterocycles. The summed E-state index contributed by atoms with van der Waals surface area (Å²) in [4.78, 5) is 35.2. The summed E-state index contributed by atoms with van der Waals surface area (Å²) in [5, 5.41) is 0.